The molecule has 2 atom stereocenters. The Kier molecular flexibility index (Phi) is 3.58. The van der Waals surface area contributed by atoms with Crippen molar-refractivity contribution in [2.24, 2.45) is 5.73 Å². The molecule has 21 heavy (non-hydrogen) atoms. The molecule has 0 saturated carbocycles. The monoisotopic (exact) mass is 283 g/mol. The number of carbonyl (C=O) groups excluding carboxylic acids is 1. The minimum absolute atomic E-state index is 0.112. The summed E-state index contributed by atoms with van der Waals surface area (Å²) < 4.78 is 5.17. The zero-order chi connectivity index (χ0) is 14.8. The fourth-order valence-electron chi connectivity index (χ4n) is 2.76. The van der Waals surface area contributed by atoms with Gasteiger partial charge in [-0.05, 0) is 23.6 Å². The maximum absolute atomic E-state index is 12.5. The molecular weight excluding hydrogens is 266 g/mol. The summed E-state index contributed by atoms with van der Waals surface area (Å²) in [7, 11) is 1.52. The molecule has 108 valence electrons. The third-order valence-electron chi connectivity index (χ3n) is 3.81. The van der Waals surface area contributed by atoms with E-state index in [-0.39, 0.29) is 18.0 Å². The Labute approximate surface area is 123 Å². The quantitative estimate of drug-likeness (QED) is 0.893. The Morgan fingerprint density at radius 1 is 1.38 bits per heavy atom. The fourth-order valence-corrected chi connectivity index (χ4v) is 2.76. The zero-order valence-corrected chi connectivity index (χ0v) is 11.7. The molecule has 1 aliphatic carbocycles. The lowest BCUT2D eigenvalue weighted by Gasteiger charge is -2.19. The number of nitrogens with zero attached hydrogens (tertiary/aromatic N) is 1. The number of fused-ring (bicyclic) bond motifs is 1. The SMILES string of the molecule is COc1cnccc1C(=O)NC1c2ccccc2CC1N. The number of carbonyl (C=O) groups is 1. The summed E-state index contributed by atoms with van der Waals surface area (Å²) in [6.07, 6.45) is 3.87. The Hall–Kier alpha value is -2.40. The summed E-state index contributed by atoms with van der Waals surface area (Å²) in [4.78, 5) is 16.4. The van der Waals surface area contributed by atoms with Crippen LogP contribution in [0.3, 0.4) is 0 Å². The van der Waals surface area contributed by atoms with Crippen LogP contribution in [-0.4, -0.2) is 24.0 Å². The van der Waals surface area contributed by atoms with Crippen LogP contribution >= 0.6 is 0 Å². The molecule has 0 radical (unpaired) electrons. The molecule has 2 unspecified atom stereocenters. The first-order chi connectivity index (χ1) is 10.2. The van der Waals surface area contributed by atoms with Crippen molar-refractivity contribution < 1.29 is 9.53 Å². The predicted molar refractivity (Wildman–Crippen MR) is 79.1 cm³/mol. The Morgan fingerprint density at radius 2 is 2.19 bits per heavy atom. The molecular formula is C16H17N3O2. The average molecular weight is 283 g/mol. The van der Waals surface area contributed by atoms with Gasteiger partial charge in [0.15, 0.2) is 0 Å². The lowest BCUT2D eigenvalue weighted by atomic mass is 10.1. The van der Waals surface area contributed by atoms with Crippen LogP contribution in [0.4, 0.5) is 0 Å². The second-order valence-corrected chi connectivity index (χ2v) is 5.09. The molecule has 0 bridgehead atoms. The van der Waals surface area contributed by atoms with E-state index in [0.717, 1.165) is 12.0 Å². The van der Waals surface area contributed by atoms with E-state index < -0.39 is 0 Å². The van der Waals surface area contributed by atoms with E-state index in [1.165, 1.54) is 18.9 Å². The number of nitrogens with one attached hydrogen (secondary N) is 1. The molecule has 1 amide bonds. The van der Waals surface area contributed by atoms with Crippen molar-refractivity contribution in [3.05, 3.63) is 59.4 Å². The fraction of sp³-hybridized carbons (Fsp3) is 0.250. The van der Waals surface area contributed by atoms with Crippen molar-refractivity contribution in [1.29, 1.82) is 0 Å². The first-order valence-corrected chi connectivity index (χ1v) is 6.83. The number of hydrogen-bond acceptors (Lipinski definition) is 4. The highest BCUT2D eigenvalue weighted by Gasteiger charge is 2.31. The number of nitrogens with two attached hydrogens (primary N) is 1. The molecule has 1 heterocycles. The molecule has 0 fully saturated rings. The summed E-state index contributed by atoms with van der Waals surface area (Å²) in [6, 6.07) is 9.36. The van der Waals surface area contributed by atoms with Crippen LogP contribution in [0.1, 0.15) is 27.5 Å². The van der Waals surface area contributed by atoms with E-state index in [2.05, 4.69) is 10.3 Å². The Bertz CT molecular complexity index is 672. The van der Waals surface area contributed by atoms with Crippen LogP contribution in [0.15, 0.2) is 42.7 Å². The van der Waals surface area contributed by atoms with Gasteiger partial charge in [0, 0.05) is 12.2 Å². The standard InChI is InChI=1S/C16H17N3O2/c1-21-14-9-18-7-6-12(14)16(20)19-15-11-5-3-2-4-10(11)8-13(15)17/h2-7,9,13,15H,8,17H2,1H3,(H,19,20). The lowest BCUT2D eigenvalue weighted by Crippen LogP contribution is -2.38. The minimum Gasteiger partial charge on any atom is -0.494 e. The molecule has 2 aromatic rings. The summed E-state index contributed by atoms with van der Waals surface area (Å²) >= 11 is 0. The van der Waals surface area contributed by atoms with Gasteiger partial charge >= 0.3 is 0 Å². The Balaban J connectivity index is 1.85. The number of aromatic nitrogens is 1. The van der Waals surface area contributed by atoms with Crippen molar-refractivity contribution in [2.45, 2.75) is 18.5 Å². The van der Waals surface area contributed by atoms with Gasteiger partial charge in [0.1, 0.15) is 5.75 Å². The number of hydrogen-bond donors (Lipinski definition) is 2. The molecule has 1 aliphatic rings. The maximum atomic E-state index is 12.5. The van der Waals surface area contributed by atoms with E-state index >= 15 is 0 Å². The number of methoxy groups -OCH3 is 1. The third-order valence-corrected chi connectivity index (χ3v) is 3.81. The van der Waals surface area contributed by atoms with Gasteiger partial charge in [-0.15, -0.1) is 0 Å². The van der Waals surface area contributed by atoms with E-state index in [0.29, 0.717) is 11.3 Å². The zero-order valence-electron chi connectivity index (χ0n) is 11.7. The van der Waals surface area contributed by atoms with E-state index in [1.807, 2.05) is 24.3 Å². The van der Waals surface area contributed by atoms with Gasteiger partial charge in [-0.2, -0.15) is 0 Å². The van der Waals surface area contributed by atoms with Gasteiger partial charge in [0.05, 0.1) is 24.9 Å². The first kappa shape index (κ1) is 13.6. The summed E-state index contributed by atoms with van der Waals surface area (Å²) in [6.45, 7) is 0. The molecule has 1 aromatic carbocycles. The average Bonchev–Trinajstić information content (AvgIpc) is 2.83. The number of rotatable bonds is 3. The molecule has 0 spiro atoms. The number of ether oxygens (including phenoxy) is 1. The highest BCUT2D eigenvalue weighted by molar-refractivity contribution is 5.97. The number of amides is 1. The highest BCUT2D eigenvalue weighted by Crippen LogP contribution is 2.30. The normalized spacial score (nSPS) is 19.9. The largest absolute Gasteiger partial charge is 0.494 e. The molecule has 3 rings (SSSR count). The van der Waals surface area contributed by atoms with Crippen LogP contribution in [0.2, 0.25) is 0 Å². The summed E-state index contributed by atoms with van der Waals surface area (Å²) in [5, 5.41) is 3.00. The van der Waals surface area contributed by atoms with Crippen molar-refractivity contribution >= 4 is 5.91 Å². The van der Waals surface area contributed by atoms with E-state index in [9.17, 15) is 4.79 Å². The molecule has 1 aromatic heterocycles. The second-order valence-electron chi connectivity index (χ2n) is 5.09. The van der Waals surface area contributed by atoms with Crippen molar-refractivity contribution in [3.63, 3.8) is 0 Å². The molecule has 5 nitrogen and oxygen atoms in total. The lowest BCUT2D eigenvalue weighted by molar-refractivity contribution is 0.0929. The molecule has 5 heteroatoms. The van der Waals surface area contributed by atoms with Crippen molar-refractivity contribution in [2.75, 3.05) is 7.11 Å². The van der Waals surface area contributed by atoms with Gasteiger partial charge in [-0.25, -0.2) is 0 Å². The van der Waals surface area contributed by atoms with Gasteiger partial charge in [-0.3, -0.25) is 9.78 Å². The Morgan fingerprint density at radius 3 is 3.00 bits per heavy atom. The van der Waals surface area contributed by atoms with Gasteiger partial charge < -0.3 is 15.8 Å². The van der Waals surface area contributed by atoms with Gasteiger partial charge in [0.2, 0.25) is 0 Å². The van der Waals surface area contributed by atoms with Crippen LogP contribution in [0.5, 0.6) is 5.75 Å². The van der Waals surface area contributed by atoms with Gasteiger partial charge in [-0.1, -0.05) is 24.3 Å². The number of pyridine rings is 1. The van der Waals surface area contributed by atoms with Crippen LogP contribution < -0.4 is 15.8 Å². The van der Waals surface area contributed by atoms with Gasteiger partial charge in [0.25, 0.3) is 5.91 Å². The smallest absolute Gasteiger partial charge is 0.255 e. The van der Waals surface area contributed by atoms with Crippen LogP contribution in [-0.2, 0) is 6.42 Å². The van der Waals surface area contributed by atoms with Crippen molar-refractivity contribution in [1.82, 2.24) is 10.3 Å². The van der Waals surface area contributed by atoms with Crippen molar-refractivity contribution in [3.8, 4) is 5.75 Å². The molecule has 0 saturated heterocycles. The van der Waals surface area contributed by atoms with E-state index in [4.69, 9.17) is 10.5 Å². The van der Waals surface area contributed by atoms with E-state index in [1.54, 1.807) is 12.3 Å². The highest BCUT2D eigenvalue weighted by atomic mass is 16.5. The molecule has 3 N–H and O–H groups in total. The first-order valence-electron chi connectivity index (χ1n) is 6.83. The summed E-state index contributed by atoms with van der Waals surface area (Å²) in [5.41, 5.74) is 8.91. The predicted octanol–water partition coefficient (Wildman–Crippen LogP) is 1.44. The third kappa shape index (κ3) is 2.48. The van der Waals surface area contributed by atoms with Crippen LogP contribution in [0, 0.1) is 0 Å². The minimum atomic E-state index is -0.202. The molecule has 0 aliphatic heterocycles. The maximum Gasteiger partial charge on any atom is 0.255 e. The topological polar surface area (TPSA) is 77.2 Å². The second kappa shape index (κ2) is 5.54. The number of benzene rings is 1. The van der Waals surface area contributed by atoms with Crippen LogP contribution in [0.25, 0.3) is 0 Å². The summed E-state index contributed by atoms with van der Waals surface area (Å²) in [5.74, 6) is 0.251.